The molecule has 0 spiro atoms. The van der Waals surface area contributed by atoms with Crippen molar-refractivity contribution >= 4 is 30.0 Å². The molecule has 1 aliphatic rings. The molecule has 0 atom stereocenters. The summed E-state index contributed by atoms with van der Waals surface area (Å²) < 4.78 is 7.30. The highest BCUT2D eigenvalue weighted by Gasteiger charge is 2.18. The molecule has 2 nitrogen and oxygen atoms in total. The van der Waals surface area contributed by atoms with Crippen molar-refractivity contribution in [3.8, 4) is 0 Å². The highest BCUT2D eigenvalue weighted by atomic mass is 32.1. The van der Waals surface area contributed by atoms with Gasteiger partial charge in [-0.05, 0) is 50.5 Å². The van der Waals surface area contributed by atoms with Crippen LogP contribution in [0.4, 0.5) is 0 Å². The SMILES string of the molecule is C=c1sc2c(/c1=C(/N=C\C)OCC(CCC)CCC)CCC2. The second-order valence-electron chi connectivity index (χ2n) is 6.10. The Labute approximate surface area is 138 Å². The fraction of sp³-hybridized carbons (Fsp3) is 0.632. The van der Waals surface area contributed by atoms with Crippen LogP contribution in [0.1, 0.15) is 63.3 Å². The van der Waals surface area contributed by atoms with Crippen molar-refractivity contribution in [1.82, 2.24) is 0 Å². The van der Waals surface area contributed by atoms with Gasteiger partial charge in [-0.25, -0.2) is 4.99 Å². The summed E-state index contributed by atoms with van der Waals surface area (Å²) in [6.07, 6.45) is 10.3. The number of nitrogens with zero attached hydrogens (tertiary/aromatic N) is 1. The molecule has 0 amide bonds. The lowest BCUT2D eigenvalue weighted by Crippen LogP contribution is -2.25. The molecule has 3 heteroatoms. The van der Waals surface area contributed by atoms with Crippen LogP contribution in [0.2, 0.25) is 0 Å². The first-order valence-electron chi connectivity index (χ1n) is 8.66. The van der Waals surface area contributed by atoms with E-state index in [9.17, 15) is 0 Å². The minimum absolute atomic E-state index is 0.636. The Hall–Kier alpha value is -1.09. The van der Waals surface area contributed by atoms with Crippen LogP contribution in [0, 0.1) is 5.92 Å². The van der Waals surface area contributed by atoms with Gasteiger partial charge >= 0.3 is 0 Å². The van der Waals surface area contributed by atoms with E-state index in [1.54, 1.807) is 0 Å². The number of rotatable bonds is 8. The van der Waals surface area contributed by atoms with Gasteiger partial charge in [0, 0.05) is 15.6 Å². The van der Waals surface area contributed by atoms with Crippen molar-refractivity contribution in [2.45, 2.75) is 65.7 Å². The molecule has 0 saturated heterocycles. The highest BCUT2D eigenvalue weighted by Crippen LogP contribution is 2.22. The number of thiophene rings is 1. The molecule has 0 fully saturated rings. The predicted octanol–water partition coefficient (Wildman–Crippen LogP) is 4.04. The summed E-state index contributed by atoms with van der Waals surface area (Å²) in [5, 5.41) is 1.18. The molecular weight excluding hydrogens is 290 g/mol. The van der Waals surface area contributed by atoms with Crippen molar-refractivity contribution in [3.63, 3.8) is 0 Å². The molecule has 1 aromatic heterocycles. The highest BCUT2D eigenvalue weighted by molar-refractivity contribution is 7.10. The molecule has 1 aromatic rings. The Morgan fingerprint density at radius 1 is 1.32 bits per heavy atom. The minimum Gasteiger partial charge on any atom is -0.477 e. The maximum absolute atomic E-state index is 6.19. The van der Waals surface area contributed by atoms with E-state index in [2.05, 4.69) is 25.4 Å². The van der Waals surface area contributed by atoms with Gasteiger partial charge in [0.05, 0.1) is 11.8 Å². The van der Waals surface area contributed by atoms with Gasteiger partial charge in [-0.2, -0.15) is 0 Å². The summed E-state index contributed by atoms with van der Waals surface area (Å²) in [5.74, 6) is 1.43. The maximum Gasteiger partial charge on any atom is 0.222 e. The van der Waals surface area contributed by atoms with Crippen LogP contribution >= 0.6 is 11.3 Å². The smallest absolute Gasteiger partial charge is 0.222 e. The van der Waals surface area contributed by atoms with Crippen molar-refractivity contribution in [1.29, 1.82) is 0 Å². The molecule has 0 aromatic carbocycles. The third-order valence-corrected chi connectivity index (χ3v) is 5.45. The molecule has 1 heterocycles. The van der Waals surface area contributed by atoms with Gasteiger partial charge < -0.3 is 4.74 Å². The van der Waals surface area contributed by atoms with Gasteiger partial charge in [0.25, 0.3) is 0 Å². The number of fused-ring (bicyclic) bond motifs is 1. The normalized spacial score (nSPS) is 15.6. The van der Waals surface area contributed by atoms with Crippen LogP contribution < -0.4 is 9.75 Å². The van der Waals surface area contributed by atoms with E-state index in [-0.39, 0.29) is 0 Å². The van der Waals surface area contributed by atoms with Gasteiger partial charge in [-0.3, -0.25) is 0 Å². The van der Waals surface area contributed by atoms with Crippen LogP contribution in [0.3, 0.4) is 0 Å². The van der Waals surface area contributed by atoms with Crippen LogP contribution in [0.5, 0.6) is 0 Å². The zero-order chi connectivity index (χ0) is 15.9. The Bertz CT molecular complexity index is 608. The van der Waals surface area contributed by atoms with E-state index in [1.165, 1.54) is 54.2 Å². The van der Waals surface area contributed by atoms with Gasteiger partial charge in [-0.15, -0.1) is 11.3 Å². The summed E-state index contributed by atoms with van der Waals surface area (Å²) in [6, 6.07) is 0. The van der Waals surface area contributed by atoms with Crippen molar-refractivity contribution in [2.24, 2.45) is 10.9 Å². The topological polar surface area (TPSA) is 21.6 Å². The minimum atomic E-state index is 0.636. The molecule has 0 bridgehead atoms. The third kappa shape index (κ3) is 4.01. The van der Waals surface area contributed by atoms with E-state index >= 15 is 0 Å². The molecule has 1 aliphatic carbocycles. The monoisotopic (exact) mass is 319 g/mol. The molecule has 122 valence electrons. The fourth-order valence-corrected chi connectivity index (χ4v) is 4.51. The van der Waals surface area contributed by atoms with Gasteiger partial charge in [-0.1, -0.05) is 33.3 Å². The number of hydrogen-bond donors (Lipinski definition) is 0. The number of hydrogen-bond acceptors (Lipinski definition) is 3. The van der Waals surface area contributed by atoms with E-state index in [4.69, 9.17) is 4.74 Å². The van der Waals surface area contributed by atoms with Crippen molar-refractivity contribution in [2.75, 3.05) is 6.61 Å². The second-order valence-corrected chi connectivity index (χ2v) is 7.29. The fourth-order valence-electron chi connectivity index (χ4n) is 3.32. The maximum atomic E-state index is 6.19. The molecule has 0 N–H and O–H groups in total. The first-order chi connectivity index (χ1) is 10.7. The van der Waals surface area contributed by atoms with Crippen LogP contribution in [-0.4, -0.2) is 12.8 Å². The zero-order valence-electron chi connectivity index (χ0n) is 14.3. The largest absolute Gasteiger partial charge is 0.477 e. The van der Waals surface area contributed by atoms with E-state index < -0.39 is 0 Å². The Kier molecular flexibility index (Phi) is 6.69. The molecule has 0 aliphatic heterocycles. The van der Waals surface area contributed by atoms with E-state index in [0.717, 1.165) is 23.4 Å². The molecule has 22 heavy (non-hydrogen) atoms. The first-order valence-corrected chi connectivity index (χ1v) is 9.48. The van der Waals surface area contributed by atoms with Crippen LogP contribution in [-0.2, 0) is 17.6 Å². The predicted molar refractivity (Wildman–Crippen MR) is 97.9 cm³/mol. The number of aryl methyl sites for hydroxylation is 1. The van der Waals surface area contributed by atoms with E-state index in [1.807, 2.05) is 24.5 Å². The second kappa shape index (κ2) is 8.52. The molecule has 2 rings (SSSR count). The average molecular weight is 320 g/mol. The molecule has 0 radical (unpaired) electrons. The summed E-state index contributed by atoms with van der Waals surface area (Å²) in [5.41, 5.74) is 1.44. The van der Waals surface area contributed by atoms with Crippen LogP contribution in [0.25, 0.3) is 12.5 Å². The number of ether oxygens (including phenoxy) is 1. The summed E-state index contributed by atoms with van der Waals surface area (Å²) in [7, 11) is 0. The Morgan fingerprint density at radius 2 is 2.05 bits per heavy atom. The van der Waals surface area contributed by atoms with Gasteiger partial charge in [0.2, 0.25) is 5.88 Å². The summed E-state index contributed by atoms with van der Waals surface area (Å²) in [6.45, 7) is 11.5. The van der Waals surface area contributed by atoms with E-state index in [0.29, 0.717) is 5.92 Å². The molecule has 0 unspecified atom stereocenters. The van der Waals surface area contributed by atoms with Crippen LogP contribution in [0.15, 0.2) is 4.99 Å². The van der Waals surface area contributed by atoms with Crippen molar-refractivity contribution < 1.29 is 4.74 Å². The summed E-state index contributed by atoms with van der Waals surface area (Å²) in [4.78, 5) is 6.02. The quantitative estimate of drug-likeness (QED) is 0.663. The first kappa shape index (κ1) is 17.3. The lowest BCUT2D eigenvalue weighted by molar-refractivity contribution is 0.194. The Balaban J connectivity index is 2.27. The zero-order valence-corrected chi connectivity index (χ0v) is 15.1. The third-order valence-electron chi connectivity index (χ3n) is 4.30. The lowest BCUT2D eigenvalue weighted by Gasteiger charge is -2.16. The average Bonchev–Trinajstić information content (AvgIpc) is 3.04. The van der Waals surface area contributed by atoms with Gasteiger partial charge in [0.1, 0.15) is 0 Å². The lowest BCUT2D eigenvalue weighted by atomic mass is 9.99. The van der Waals surface area contributed by atoms with Crippen molar-refractivity contribution in [3.05, 3.63) is 20.2 Å². The van der Waals surface area contributed by atoms with Gasteiger partial charge in [0.15, 0.2) is 0 Å². The number of aliphatic imine (C=N–C) groups is 1. The Morgan fingerprint density at radius 3 is 2.68 bits per heavy atom. The molecular formula is C19H29NOS. The standard InChI is InChI=1S/C19H29NOS/c1-5-9-15(10-6-2)13-21-19(20-7-3)18-14(4)22-17-12-8-11-16(17)18/h7,15H,4-6,8-13H2,1-3H3/b19-18-,20-7-. The molecule has 0 saturated carbocycles. The summed E-state index contributed by atoms with van der Waals surface area (Å²) >= 11 is 1.83.